The second kappa shape index (κ2) is 11.4. The van der Waals surface area contributed by atoms with Crippen LogP contribution in [0.1, 0.15) is 25.3 Å². The van der Waals surface area contributed by atoms with E-state index in [2.05, 4.69) is 25.5 Å². The Kier molecular flexibility index (Phi) is 8.38. The molecule has 1 aliphatic heterocycles. The van der Waals surface area contributed by atoms with Gasteiger partial charge in [0.15, 0.2) is 17.6 Å². The lowest BCUT2D eigenvalue weighted by atomic mass is 10.0. The lowest BCUT2D eigenvalue weighted by Gasteiger charge is -2.33. The molecule has 1 aliphatic rings. The van der Waals surface area contributed by atoms with Crippen LogP contribution in [0.25, 0.3) is 0 Å². The van der Waals surface area contributed by atoms with Crippen molar-refractivity contribution in [3.8, 4) is 5.75 Å². The number of nitrogens with one attached hydrogen (secondary N) is 2. The Morgan fingerprint density at radius 1 is 1.23 bits per heavy atom. The van der Waals surface area contributed by atoms with Crippen LogP contribution in [-0.2, 0) is 6.54 Å². The molecule has 2 heterocycles. The summed E-state index contributed by atoms with van der Waals surface area (Å²) in [4.78, 5) is 10.9. The predicted molar refractivity (Wildman–Crippen MR) is 114 cm³/mol. The van der Waals surface area contributed by atoms with Crippen molar-refractivity contribution in [2.75, 3.05) is 32.8 Å². The maximum absolute atomic E-state index is 13.4. The Balaban J connectivity index is 1.42. The Morgan fingerprint density at radius 2 is 2.07 bits per heavy atom. The number of aromatic nitrogens is 1. The van der Waals surface area contributed by atoms with Gasteiger partial charge < -0.3 is 15.4 Å². The first-order chi connectivity index (χ1) is 14.6. The fraction of sp³-hybridized carbons (Fsp3) is 0.455. The minimum Gasteiger partial charge on any atom is -0.490 e. The van der Waals surface area contributed by atoms with Crippen molar-refractivity contribution >= 4 is 5.96 Å². The highest BCUT2D eigenvalue weighted by Crippen LogP contribution is 2.16. The fourth-order valence-corrected chi connectivity index (χ4v) is 3.40. The molecule has 0 aliphatic carbocycles. The van der Waals surface area contributed by atoms with Crippen LogP contribution in [0, 0.1) is 11.6 Å². The molecule has 30 heavy (non-hydrogen) atoms. The number of nitrogens with zero attached hydrogens (tertiary/aromatic N) is 3. The molecule has 0 saturated carbocycles. The summed E-state index contributed by atoms with van der Waals surface area (Å²) in [5.74, 6) is -0.0730. The van der Waals surface area contributed by atoms with Gasteiger partial charge >= 0.3 is 0 Å². The quantitative estimate of drug-likeness (QED) is 0.393. The third-order valence-electron chi connectivity index (χ3n) is 4.93. The highest BCUT2D eigenvalue weighted by atomic mass is 19.2. The van der Waals surface area contributed by atoms with Gasteiger partial charge in [0.1, 0.15) is 12.4 Å². The van der Waals surface area contributed by atoms with Gasteiger partial charge in [0.05, 0.1) is 12.7 Å². The molecule has 0 spiro atoms. The van der Waals surface area contributed by atoms with Crippen LogP contribution in [0.2, 0.25) is 0 Å². The maximum atomic E-state index is 13.4. The van der Waals surface area contributed by atoms with Gasteiger partial charge in [0.25, 0.3) is 0 Å². The Hall–Kier alpha value is -2.74. The molecule has 0 radical (unpaired) electrons. The molecule has 3 rings (SSSR count). The Bertz CT molecular complexity index is 810. The molecule has 6 nitrogen and oxygen atoms in total. The Morgan fingerprint density at radius 3 is 2.77 bits per heavy atom. The van der Waals surface area contributed by atoms with Crippen molar-refractivity contribution in [1.82, 2.24) is 20.5 Å². The standard InChI is InChI=1S/C22H29F2N5O/c1-2-26-22(27-10-13-30-19-4-3-9-25-15-19)28-18-7-11-29(12-8-18)16-17-5-6-20(23)21(24)14-17/h3-6,9,14-15,18H,2,7-8,10-13,16H2,1H3,(H2,26,27,28). The molecule has 8 heteroatoms. The van der Waals surface area contributed by atoms with E-state index in [1.807, 2.05) is 19.1 Å². The van der Waals surface area contributed by atoms with Gasteiger partial charge in [-0.3, -0.25) is 9.88 Å². The highest BCUT2D eigenvalue weighted by molar-refractivity contribution is 5.80. The van der Waals surface area contributed by atoms with Gasteiger partial charge in [-0.15, -0.1) is 0 Å². The molecule has 0 amide bonds. The molecule has 0 bridgehead atoms. The number of pyridine rings is 1. The van der Waals surface area contributed by atoms with Gasteiger partial charge in [-0.2, -0.15) is 0 Å². The van der Waals surface area contributed by atoms with E-state index >= 15 is 0 Å². The average Bonchev–Trinajstić information content (AvgIpc) is 2.76. The summed E-state index contributed by atoms with van der Waals surface area (Å²) in [5, 5.41) is 6.76. The second-order valence-corrected chi connectivity index (χ2v) is 7.24. The molecular formula is C22H29F2N5O. The van der Waals surface area contributed by atoms with Crippen LogP contribution in [-0.4, -0.2) is 54.7 Å². The van der Waals surface area contributed by atoms with E-state index < -0.39 is 11.6 Å². The molecule has 1 aromatic heterocycles. The third kappa shape index (κ3) is 6.95. The largest absolute Gasteiger partial charge is 0.490 e. The van der Waals surface area contributed by atoms with Gasteiger partial charge in [-0.05, 0) is 49.6 Å². The normalized spacial score (nSPS) is 15.8. The number of aliphatic imine (C=N–C) groups is 1. The number of guanidine groups is 1. The molecule has 1 fully saturated rings. The van der Waals surface area contributed by atoms with Gasteiger partial charge in [0, 0.05) is 38.4 Å². The van der Waals surface area contributed by atoms with Crippen molar-refractivity contribution in [1.29, 1.82) is 0 Å². The van der Waals surface area contributed by atoms with Crippen molar-refractivity contribution in [2.45, 2.75) is 32.4 Å². The van der Waals surface area contributed by atoms with E-state index in [0.29, 0.717) is 25.7 Å². The SMILES string of the molecule is CCNC(=NCCOc1cccnc1)NC1CCN(Cc2ccc(F)c(F)c2)CC1. The first kappa shape index (κ1) is 22.0. The smallest absolute Gasteiger partial charge is 0.191 e. The number of piperidine rings is 1. The summed E-state index contributed by atoms with van der Waals surface area (Å²) < 4.78 is 32.1. The topological polar surface area (TPSA) is 61.8 Å². The molecule has 0 unspecified atom stereocenters. The summed E-state index contributed by atoms with van der Waals surface area (Å²) in [5.41, 5.74) is 0.795. The first-order valence-electron chi connectivity index (χ1n) is 10.4. The summed E-state index contributed by atoms with van der Waals surface area (Å²) >= 11 is 0. The van der Waals surface area contributed by atoms with Crippen LogP contribution in [0.5, 0.6) is 5.75 Å². The lowest BCUT2D eigenvalue weighted by Crippen LogP contribution is -2.48. The zero-order chi connectivity index (χ0) is 21.2. The summed E-state index contributed by atoms with van der Waals surface area (Å²) in [6, 6.07) is 8.14. The summed E-state index contributed by atoms with van der Waals surface area (Å²) in [6.07, 6.45) is 5.31. The van der Waals surface area contributed by atoms with Crippen molar-refractivity contribution < 1.29 is 13.5 Å². The molecule has 2 aromatic rings. The van der Waals surface area contributed by atoms with Crippen LogP contribution in [0.4, 0.5) is 8.78 Å². The summed E-state index contributed by atoms with van der Waals surface area (Å²) in [6.45, 7) is 6.25. The number of benzene rings is 1. The zero-order valence-electron chi connectivity index (χ0n) is 17.3. The molecule has 1 saturated heterocycles. The maximum Gasteiger partial charge on any atom is 0.191 e. The minimum absolute atomic E-state index is 0.322. The molecule has 0 atom stereocenters. The van der Waals surface area contributed by atoms with Crippen LogP contribution >= 0.6 is 0 Å². The van der Waals surface area contributed by atoms with E-state index in [0.717, 1.165) is 49.7 Å². The Labute approximate surface area is 176 Å². The van der Waals surface area contributed by atoms with Crippen LogP contribution < -0.4 is 15.4 Å². The van der Waals surface area contributed by atoms with Gasteiger partial charge in [-0.25, -0.2) is 13.8 Å². The number of rotatable bonds is 8. The van der Waals surface area contributed by atoms with E-state index in [-0.39, 0.29) is 0 Å². The van der Waals surface area contributed by atoms with Crippen molar-refractivity contribution in [3.63, 3.8) is 0 Å². The summed E-state index contributed by atoms with van der Waals surface area (Å²) in [7, 11) is 0. The molecular weight excluding hydrogens is 388 g/mol. The third-order valence-corrected chi connectivity index (χ3v) is 4.93. The fourth-order valence-electron chi connectivity index (χ4n) is 3.40. The number of halogens is 2. The van der Waals surface area contributed by atoms with Crippen LogP contribution in [0.3, 0.4) is 0 Å². The van der Waals surface area contributed by atoms with Crippen molar-refractivity contribution in [2.24, 2.45) is 4.99 Å². The molecule has 1 aromatic carbocycles. The van der Waals surface area contributed by atoms with E-state index in [1.54, 1.807) is 18.5 Å². The van der Waals surface area contributed by atoms with E-state index in [9.17, 15) is 8.78 Å². The average molecular weight is 418 g/mol. The number of hydrogen-bond acceptors (Lipinski definition) is 4. The predicted octanol–water partition coefficient (Wildman–Crippen LogP) is 2.96. The number of likely N-dealkylation sites (tertiary alicyclic amines) is 1. The van der Waals surface area contributed by atoms with E-state index in [1.165, 1.54) is 12.1 Å². The minimum atomic E-state index is -0.803. The molecule has 2 N–H and O–H groups in total. The lowest BCUT2D eigenvalue weighted by molar-refractivity contribution is 0.198. The number of ether oxygens (including phenoxy) is 1. The zero-order valence-corrected chi connectivity index (χ0v) is 17.3. The number of hydrogen-bond donors (Lipinski definition) is 2. The van der Waals surface area contributed by atoms with Gasteiger partial charge in [-0.1, -0.05) is 6.07 Å². The van der Waals surface area contributed by atoms with Crippen molar-refractivity contribution in [3.05, 3.63) is 59.9 Å². The highest BCUT2D eigenvalue weighted by Gasteiger charge is 2.20. The van der Waals surface area contributed by atoms with E-state index in [4.69, 9.17) is 4.74 Å². The van der Waals surface area contributed by atoms with Crippen LogP contribution in [0.15, 0.2) is 47.7 Å². The molecule has 162 valence electrons. The first-order valence-corrected chi connectivity index (χ1v) is 10.4. The van der Waals surface area contributed by atoms with Gasteiger partial charge in [0.2, 0.25) is 0 Å². The monoisotopic (exact) mass is 417 g/mol. The second-order valence-electron chi connectivity index (χ2n) is 7.24.